The third kappa shape index (κ3) is 4.26. The number of hydrogen-bond acceptors (Lipinski definition) is 5. The maximum absolute atomic E-state index is 13.0. The minimum Gasteiger partial charge on any atom is -0.496 e. The molecule has 1 aromatic rings. The molecule has 0 aromatic heterocycles. The van der Waals surface area contributed by atoms with Crippen molar-refractivity contribution in [2.45, 2.75) is 31.6 Å². The summed E-state index contributed by atoms with van der Waals surface area (Å²) in [6, 6.07) is 7.81. The molecule has 2 atom stereocenters. The van der Waals surface area contributed by atoms with Crippen molar-refractivity contribution in [1.29, 1.82) is 0 Å². The van der Waals surface area contributed by atoms with Gasteiger partial charge < -0.3 is 24.4 Å². The van der Waals surface area contributed by atoms with Crippen LogP contribution in [0.5, 0.6) is 5.75 Å². The first-order valence-corrected chi connectivity index (χ1v) is 8.62. The molecule has 0 radical (unpaired) electrons. The lowest BCUT2D eigenvalue weighted by Crippen LogP contribution is -2.50. The smallest absolute Gasteiger partial charge is 0.253 e. The number of nitrogens with one attached hydrogen (secondary N) is 1. The fraction of sp³-hybridized carbons (Fsp3) is 0.611. The first-order chi connectivity index (χ1) is 11.8. The van der Waals surface area contributed by atoms with Crippen LogP contribution in [0.15, 0.2) is 24.3 Å². The predicted octanol–water partition coefficient (Wildman–Crippen LogP) is 1.19. The summed E-state index contributed by atoms with van der Waals surface area (Å²) >= 11 is 0. The average Bonchev–Trinajstić information content (AvgIpc) is 3.15. The van der Waals surface area contributed by atoms with Gasteiger partial charge in [0.25, 0.3) is 5.91 Å². The Hall–Kier alpha value is -1.63. The maximum Gasteiger partial charge on any atom is 0.253 e. The normalized spacial score (nSPS) is 23.9. The highest BCUT2D eigenvalue weighted by Crippen LogP contribution is 2.22. The highest BCUT2D eigenvalue weighted by molar-refractivity contribution is 5.81. The quantitative estimate of drug-likeness (QED) is 0.847. The molecular weight excluding hydrogens is 308 g/mol. The maximum atomic E-state index is 13.0. The van der Waals surface area contributed by atoms with Crippen LogP contribution >= 0.6 is 0 Å². The molecule has 132 valence electrons. The lowest BCUT2D eigenvalue weighted by Gasteiger charge is -2.31. The Bertz CT molecular complexity index is 540. The molecule has 0 spiro atoms. The molecule has 6 heteroatoms. The molecule has 0 aliphatic carbocycles. The van der Waals surface area contributed by atoms with Crippen molar-refractivity contribution in [1.82, 2.24) is 10.2 Å². The number of para-hydroxylation sites is 1. The van der Waals surface area contributed by atoms with E-state index < -0.39 is 6.10 Å². The molecule has 3 rings (SSSR count). The molecule has 2 heterocycles. The Balaban J connectivity index is 1.74. The first kappa shape index (κ1) is 17.2. The van der Waals surface area contributed by atoms with Crippen LogP contribution in [0.25, 0.3) is 0 Å². The van der Waals surface area contributed by atoms with Crippen molar-refractivity contribution >= 4 is 5.91 Å². The van der Waals surface area contributed by atoms with Crippen molar-refractivity contribution in [3.05, 3.63) is 29.8 Å². The van der Waals surface area contributed by atoms with Crippen molar-refractivity contribution in [3.63, 3.8) is 0 Å². The standard InChI is InChI=1S/C18H26N2O4/c1-22-16-7-3-2-5-14(16)12-20(13-15-6-4-9-23-15)18(21)17-11-19-8-10-24-17/h2-3,5,7,15,17,19H,4,6,8-13H2,1H3/t15-,17+/m0/s1. The zero-order valence-corrected chi connectivity index (χ0v) is 14.2. The number of carbonyl (C=O) groups excluding carboxylic acids is 1. The van der Waals surface area contributed by atoms with Crippen LogP contribution in [0.3, 0.4) is 0 Å². The molecule has 1 aromatic carbocycles. The van der Waals surface area contributed by atoms with Crippen LogP contribution in [0.2, 0.25) is 0 Å². The second kappa shape index (κ2) is 8.46. The topological polar surface area (TPSA) is 60.0 Å². The van der Waals surface area contributed by atoms with Gasteiger partial charge in [-0.3, -0.25) is 4.79 Å². The Kier molecular flexibility index (Phi) is 6.07. The highest BCUT2D eigenvalue weighted by Gasteiger charge is 2.30. The molecule has 2 aliphatic rings. The van der Waals surface area contributed by atoms with E-state index >= 15 is 0 Å². The summed E-state index contributed by atoms with van der Waals surface area (Å²) in [6.07, 6.45) is 1.75. The number of nitrogens with zero attached hydrogens (tertiary/aromatic N) is 1. The van der Waals surface area contributed by atoms with Crippen molar-refractivity contribution in [2.75, 3.05) is 40.0 Å². The largest absolute Gasteiger partial charge is 0.496 e. The van der Waals surface area contributed by atoms with E-state index in [2.05, 4.69) is 5.32 Å². The fourth-order valence-electron chi connectivity index (χ4n) is 3.23. The van der Waals surface area contributed by atoms with Gasteiger partial charge in [0.05, 0.1) is 19.8 Å². The van der Waals surface area contributed by atoms with Gasteiger partial charge in [0.1, 0.15) is 11.9 Å². The minimum atomic E-state index is -0.421. The molecule has 0 bridgehead atoms. The van der Waals surface area contributed by atoms with Crippen LogP contribution in [0, 0.1) is 0 Å². The van der Waals surface area contributed by atoms with E-state index in [0.717, 1.165) is 37.3 Å². The second-order valence-corrected chi connectivity index (χ2v) is 6.23. The molecule has 2 saturated heterocycles. The van der Waals surface area contributed by atoms with Gasteiger partial charge in [-0.2, -0.15) is 0 Å². The van der Waals surface area contributed by atoms with E-state index in [1.165, 1.54) is 0 Å². The van der Waals surface area contributed by atoms with E-state index in [9.17, 15) is 4.79 Å². The summed E-state index contributed by atoms with van der Waals surface area (Å²) in [5.41, 5.74) is 0.995. The summed E-state index contributed by atoms with van der Waals surface area (Å²) in [5.74, 6) is 0.814. The molecule has 24 heavy (non-hydrogen) atoms. The van der Waals surface area contributed by atoms with Crippen LogP contribution in [-0.2, 0) is 20.8 Å². The van der Waals surface area contributed by atoms with E-state index in [-0.39, 0.29) is 12.0 Å². The van der Waals surface area contributed by atoms with E-state index in [4.69, 9.17) is 14.2 Å². The number of methoxy groups -OCH3 is 1. The van der Waals surface area contributed by atoms with Gasteiger partial charge in [-0.25, -0.2) is 0 Å². The number of rotatable bonds is 6. The molecule has 1 amide bonds. The van der Waals surface area contributed by atoms with Gasteiger partial charge in [0.2, 0.25) is 0 Å². The number of benzene rings is 1. The van der Waals surface area contributed by atoms with Crippen LogP contribution in [0.1, 0.15) is 18.4 Å². The number of amides is 1. The summed E-state index contributed by atoms with van der Waals surface area (Å²) in [7, 11) is 1.65. The zero-order chi connectivity index (χ0) is 16.8. The Morgan fingerprint density at radius 3 is 2.92 bits per heavy atom. The van der Waals surface area contributed by atoms with Gasteiger partial charge in [-0.1, -0.05) is 18.2 Å². The fourth-order valence-corrected chi connectivity index (χ4v) is 3.23. The monoisotopic (exact) mass is 334 g/mol. The summed E-state index contributed by atoms with van der Waals surface area (Å²) in [5, 5.41) is 3.22. The van der Waals surface area contributed by atoms with Gasteiger partial charge in [-0.15, -0.1) is 0 Å². The Labute approximate surface area is 143 Å². The van der Waals surface area contributed by atoms with Crippen molar-refractivity contribution in [2.24, 2.45) is 0 Å². The van der Waals surface area contributed by atoms with E-state index in [1.807, 2.05) is 29.2 Å². The Morgan fingerprint density at radius 1 is 1.33 bits per heavy atom. The average molecular weight is 334 g/mol. The van der Waals surface area contributed by atoms with Crippen molar-refractivity contribution < 1.29 is 19.0 Å². The van der Waals surface area contributed by atoms with Gasteiger partial charge in [-0.05, 0) is 18.9 Å². The number of hydrogen-bond donors (Lipinski definition) is 1. The number of ether oxygens (including phenoxy) is 3. The Morgan fingerprint density at radius 2 is 2.21 bits per heavy atom. The SMILES string of the molecule is COc1ccccc1CN(C[C@@H]1CCCO1)C(=O)[C@H]1CNCCO1. The van der Waals surface area contributed by atoms with Crippen LogP contribution < -0.4 is 10.1 Å². The molecule has 0 unspecified atom stereocenters. The molecule has 2 fully saturated rings. The van der Waals surface area contributed by atoms with Crippen LogP contribution in [0.4, 0.5) is 0 Å². The van der Waals surface area contributed by atoms with E-state index in [1.54, 1.807) is 7.11 Å². The zero-order valence-electron chi connectivity index (χ0n) is 14.2. The number of carbonyl (C=O) groups is 1. The summed E-state index contributed by atoms with van der Waals surface area (Å²) in [6.45, 7) is 3.80. The lowest BCUT2D eigenvalue weighted by atomic mass is 10.1. The van der Waals surface area contributed by atoms with Gasteiger partial charge in [0.15, 0.2) is 0 Å². The van der Waals surface area contributed by atoms with Gasteiger partial charge in [0, 0.05) is 38.3 Å². The lowest BCUT2D eigenvalue weighted by molar-refractivity contribution is -0.147. The third-order valence-electron chi connectivity index (χ3n) is 4.52. The predicted molar refractivity (Wildman–Crippen MR) is 90.0 cm³/mol. The molecule has 0 saturated carbocycles. The van der Waals surface area contributed by atoms with E-state index in [0.29, 0.717) is 26.2 Å². The van der Waals surface area contributed by atoms with Gasteiger partial charge >= 0.3 is 0 Å². The summed E-state index contributed by atoms with van der Waals surface area (Å²) < 4.78 is 16.8. The molecular formula is C18H26N2O4. The highest BCUT2D eigenvalue weighted by atomic mass is 16.5. The molecule has 1 N–H and O–H groups in total. The van der Waals surface area contributed by atoms with Crippen molar-refractivity contribution in [3.8, 4) is 5.75 Å². The molecule has 6 nitrogen and oxygen atoms in total. The van der Waals surface area contributed by atoms with Crippen LogP contribution in [-0.4, -0.2) is 63.0 Å². The summed E-state index contributed by atoms with van der Waals surface area (Å²) in [4.78, 5) is 14.8. The minimum absolute atomic E-state index is 0.0172. The second-order valence-electron chi connectivity index (χ2n) is 6.23. The molecule has 2 aliphatic heterocycles. The number of morpholine rings is 1. The first-order valence-electron chi connectivity index (χ1n) is 8.62. The third-order valence-corrected chi connectivity index (χ3v) is 4.52.